The van der Waals surface area contributed by atoms with Crippen molar-refractivity contribution in [3.8, 4) is 0 Å². The monoisotopic (exact) mass is 315 g/mol. The number of anilines is 1. The van der Waals surface area contributed by atoms with E-state index >= 15 is 0 Å². The maximum Gasteiger partial charge on any atom is 0.252 e. The van der Waals surface area contributed by atoms with Crippen LogP contribution in [0.4, 0.5) is 5.69 Å². The summed E-state index contributed by atoms with van der Waals surface area (Å²) in [5, 5.41) is 5.82. The molecule has 2 amide bonds. The number of carbonyl (C=O) groups excluding carboxylic acids is 2. The number of halogens is 2. The lowest BCUT2D eigenvalue weighted by molar-refractivity contribution is -0.122. The van der Waals surface area contributed by atoms with Gasteiger partial charge in [0, 0.05) is 11.6 Å². The lowest BCUT2D eigenvalue weighted by Gasteiger charge is -2.14. The topological polar surface area (TPSA) is 84.2 Å². The summed E-state index contributed by atoms with van der Waals surface area (Å²) in [4.78, 5) is 23.8. The number of carbonyl (C=O) groups is 2. The van der Waals surface area contributed by atoms with Gasteiger partial charge in [-0.2, -0.15) is 0 Å². The molecule has 20 heavy (non-hydrogen) atoms. The molecule has 7 heteroatoms. The van der Waals surface area contributed by atoms with Crippen LogP contribution in [0.25, 0.3) is 0 Å². The number of hydrogen-bond donors (Lipinski definition) is 3. The Hall–Kier alpha value is -1.46. The number of nitrogens with two attached hydrogens (primary N) is 1. The Morgan fingerprint density at radius 2 is 2.00 bits per heavy atom. The van der Waals surface area contributed by atoms with Crippen LogP contribution in [0.15, 0.2) is 12.1 Å². The van der Waals surface area contributed by atoms with Crippen LogP contribution in [0.5, 0.6) is 0 Å². The van der Waals surface area contributed by atoms with Gasteiger partial charge in [0.25, 0.3) is 5.91 Å². The molecule has 0 aliphatic heterocycles. The molecular formula is C13H15Cl2N3O2. The molecule has 2 rings (SSSR count). The summed E-state index contributed by atoms with van der Waals surface area (Å²) < 4.78 is 0. The van der Waals surface area contributed by atoms with Crippen molar-refractivity contribution in [3.63, 3.8) is 0 Å². The predicted molar refractivity (Wildman–Crippen MR) is 79.0 cm³/mol. The summed E-state index contributed by atoms with van der Waals surface area (Å²) in [5.74, 6) is -0.623. The third-order valence-corrected chi connectivity index (χ3v) is 3.80. The van der Waals surface area contributed by atoms with E-state index in [0.717, 1.165) is 12.8 Å². The normalized spacial score (nSPS) is 15.6. The van der Waals surface area contributed by atoms with Crippen molar-refractivity contribution in [2.45, 2.75) is 31.8 Å². The van der Waals surface area contributed by atoms with Crippen LogP contribution in [0.2, 0.25) is 10.0 Å². The van der Waals surface area contributed by atoms with Crippen molar-refractivity contribution in [2.24, 2.45) is 0 Å². The molecule has 108 valence electrons. The second-order valence-electron chi connectivity index (χ2n) is 4.84. The largest absolute Gasteiger partial charge is 0.397 e. The zero-order valence-electron chi connectivity index (χ0n) is 10.9. The fraction of sp³-hybridized carbons (Fsp3) is 0.385. The molecule has 0 aromatic heterocycles. The van der Waals surface area contributed by atoms with Gasteiger partial charge in [0.05, 0.1) is 15.7 Å². The molecule has 1 aliphatic rings. The van der Waals surface area contributed by atoms with Gasteiger partial charge >= 0.3 is 0 Å². The first-order valence-corrected chi connectivity index (χ1v) is 7.00. The number of rotatable bonds is 4. The highest BCUT2D eigenvalue weighted by molar-refractivity contribution is 6.43. The average Bonchev–Trinajstić information content (AvgIpc) is 3.18. The first-order valence-electron chi connectivity index (χ1n) is 6.24. The van der Waals surface area contributed by atoms with Crippen LogP contribution in [0, 0.1) is 0 Å². The predicted octanol–water partition coefficient (Wildman–Crippen LogP) is 1.97. The molecule has 0 radical (unpaired) electrons. The van der Waals surface area contributed by atoms with E-state index in [-0.39, 0.29) is 33.2 Å². The van der Waals surface area contributed by atoms with E-state index in [1.807, 2.05) is 0 Å². The standard InChI is InChI=1S/C13H15Cl2N3O2/c1-6(12(19)18-8-2-3-8)17-13(20)7-4-9(14)11(15)10(16)5-7/h4-6,8H,2-3,16H2,1H3,(H,17,20)(H,18,19). The van der Waals surface area contributed by atoms with E-state index in [0.29, 0.717) is 0 Å². The minimum absolute atomic E-state index is 0.200. The molecule has 0 bridgehead atoms. The van der Waals surface area contributed by atoms with Gasteiger partial charge in [0.15, 0.2) is 0 Å². The summed E-state index contributed by atoms with van der Waals surface area (Å²) in [6.45, 7) is 1.62. The highest BCUT2D eigenvalue weighted by Crippen LogP contribution is 2.29. The molecule has 4 N–H and O–H groups in total. The lowest BCUT2D eigenvalue weighted by atomic mass is 10.1. The number of hydrogen-bond acceptors (Lipinski definition) is 3. The quantitative estimate of drug-likeness (QED) is 0.743. The van der Waals surface area contributed by atoms with Crippen molar-refractivity contribution in [2.75, 3.05) is 5.73 Å². The van der Waals surface area contributed by atoms with Crippen molar-refractivity contribution in [3.05, 3.63) is 27.7 Å². The number of nitrogen functional groups attached to an aromatic ring is 1. The minimum atomic E-state index is -0.626. The molecular weight excluding hydrogens is 301 g/mol. The lowest BCUT2D eigenvalue weighted by Crippen LogP contribution is -2.45. The number of benzene rings is 1. The Morgan fingerprint density at radius 1 is 1.35 bits per heavy atom. The molecule has 0 heterocycles. The SMILES string of the molecule is CC(NC(=O)c1cc(N)c(Cl)c(Cl)c1)C(=O)NC1CC1. The van der Waals surface area contributed by atoms with Gasteiger partial charge in [-0.05, 0) is 31.9 Å². The number of nitrogens with one attached hydrogen (secondary N) is 2. The van der Waals surface area contributed by atoms with Gasteiger partial charge in [0.2, 0.25) is 5.91 Å². The zero-order chi connectivity index (χ0) is 14.9. The third kappa shape index (κ3) is 3.55. The molecule has 1 atom stereocenters. The van der Waals surface area contributed by atoms with E-state index in [1.165, 1.54) is 12.1 Å². The first kappa shape index (κ1) is 14.9. The van der Waals surface area contributed by atoms with Crippen molar-refractivity contribution >= 4 is 40.7 Å². The van der Waals surface area contributed by atoms with Gasteiger partial charge in [-0.3, -0.25) is 9.59 Å². The van der Waals surface area contributed by atoms with Gasteiger partial charge < -0.3 is 16.4 Å². The molecule has 1 fully saturated rings. The van der Waals surface area contributed by atoms with Crippen molar-refractivity contribution < 1.29 is 9.59 Å². The fourth-order valence-electron chi connectivity index (χ4n) is 1.64. The summed E-state index contributed by atoms with van der Waals surface area (Å²) in [7, 11) is 0. The van der Waals surface area contributed by atoms with Gasteiger partial charge in [0.1, 0.15) is 6.04 Å². The van der Waals surface area contributed by atoms with Crippen LogP contribution < -0.4 is 16.4 Å². The summed E-state index contributed by atoms with van der Waals surface area (Å²) >= 11 is 11.7. The average molecular weight is 316 g/mol. The van der Waals surface area contributed by atoms with E-state index in [2.05, 4.69) is 10.6 Å². The molecule has 1 unspecified atom stereocenters. The second-order valence-corrected chi connectivity index (χ2v) is 5.62. The second kappa shape index (κ2) is 5.89. The molecule has 1 saturated carbocycles. The highest BCUT2D eigenvalue weighted by Gasteiger charge is 2.26. The first-order chi connectivity index (χ1) is 9.38. The molecule has 1 aromatic carbocycles. The van der Waals surface area contributed by atoms with Gasteiger partial charge in [-0.25, -0.2) is 0 Å². The Balaban J connectivity index is 2.01. The van der Waals surface area contributed by atoms with Crippen LogP contribution >= 0.6 is 23.2 Å². The van der Waals surface area contributed by atoms with Crippen molar-refractivity contribution in [1.29, 1.82) is 0 Å². The molecule has 1 aliphatic carbocycles. The number of amides is 2. The Bertz CT molecular complexity index is 536. The van der Waals surface area contributed by atoms with E-state index in [1.54, 1.807) is 6.92 Å². The maximum absolute atomic E-state index is 12.0. The van der Waals surface area contributed by atoms with E-state index in [9.17, 15) is 9.59 Å². The van der Waals surface area contributed by atoms with Crippen LogP contribution in [-0.2, 0) is 4.79 Å². The Kier molecular flexibility index (Phi) is 4.40. The Labute approximate surface area is 126 Å². The summed E-state index contributed by atoms with van der Waals surface area (Å²) in [5.41, 5.74) is 6.14. The highest BCUT2D eigenvalue weighted by atomic mass is 35.5. The fourth-order valence-corrected chi connectivity index (χ4v) is 1.98. The Morgan fingerprint density at radius 3 is 2.55 bits per heavy atom. The summed E-state index contributed by atoms with van der Waals surface area (Å²) in [6.07, 6.45) is 1.99. The maximum atomic E-state index is 12.0. The van der Waals surface area contributed by atoms with Crippen LogP contribution in [0.3, 0.4) is 0 Å². The molecule has 1 aromatic rings. The summed E-state index contributed by atoms with van der Waals surface area (Å²) in [6, 6.07) is 2.47. The molecule has 0 spiro atoms. The molecule has 0 saturated heterocycles. The third-order valence-electron chi connectivity index (χ3n) is 2.98. The van der Waals surface area contributed by atoms with E-state index < -0.39 is 11.9 Å². The minimum Gasteiger partial charge on any atom is -0.397 e. The van der Waals surface area contributed by atoms with Gasteiger partial charge in [-0.1, -0.05) is 23.2 Å². The molecule has 5 nitrogen and oxygen atoms in total. The van der Waals surface area contributed by atoms with Crippen LogP contribution in [0.1, 0.15) is 30.1 Å². The van der Waals surface area contributed by atoms with Gasteiger partial charge in [-0.15, -0.1) is 0 Å². The van der Waals surface area contributed by atoms with Crippen LogP contribution in [-0.4, -0.2) is 23.9 Å². The smallest absolute Gasteiger partial charge is 0.252 e. The zero-order valence-corrected chi connectivity index (χ0v) is 12.4. The van der Waals surface area contributed by atoms with Crippen molar-refractivity contribution in [1.82, 2.24) is 10.6 Å². The van der Waals surface area contributed by atoms with E-state index in [4.69, 9.17) is 28.9 Å².